The highest BCUT2D eigenvalue weighted by atomic mass is 15.1. The van der Waals surface area contributed by atoms with Gasteiger partial charge in [0.25, 0.3) is 0 Å². The summed E-state index contributed by atoms with van der Waals surface area (Å²) >= 11 is 0. The molecule has 0 amide bonds. The molecule has 1 aromatic rings. The summed E-state index contributed by atoms with van der Waals surface area (Å²) in [6.45, 7) is 5.99. The van der Waals surface area contributed by atoms with Gasteiger partial charge in [-0.15, -0.1) is 0 Å². The Morgan fingerprint density at radius 2 is 1.88 bits per heavy atom. The van der Waals surface area contributed by atoms with E-state index in [0.29, 0.717) is 11.5 Å². The molecule has 4 heteroatoms. The molecule has 0 saturated carbocycles. The minimum absolute atomic E-state index is 0.0195. The SMILES string of the molecule is CC(C)NC(N)=NC(C)c1ccc(C#N)cc1. The highest BCUT2D eigenvalue weighted by Crippen LogP contribution is 2.16. The molecule has 4 nitrogen and oxygen atoms in total. The number of nitrogens with zero attached hydrogens (tertiary/aromatic N) is 2. The summed E-state index contributed by atoms with van der Waals surface area (Å²) in [7, 11) is 0. The van der Waals surface area contributed by atoms with Crippen LogP contribution in [0.4, 0.5) is 0 Å². The first kappa shape index (κ1) is 13.0. The third kappa shape index (κ3) is 4.15. The average Bonchev–Trinajstić information content (AvgIpc) is 2.28. The van der Waals surface area contributed by atoms with Gasteiger partial charge in [-0.3, -0.25) is 0 Å². The van der Waals surface area contributed by atoms with Gasteiger partial charge in [0.2, 0.25) is 0 Å². The molecule has 3 N–H and O–H groups in total. The number of rotatable bonds is 3. The molecular weight excluding hydrogens is 212 g/mol. The Balaban J connectivity index is 2.75. The van der Waals surface area contributed by atoms with Crippen LogP contribution in [0.3, 0.4) is 0 Å². The molecule has 0 bridgehead atoms. The molecule has 0 aromatic heterocycles. The Labute approximate surface area is 102 Å². The van der Waals surface area contributed by atoms with Crippen molar-refractivity contribution in [3.63, 3.8) is 0 Å². The molecule has 1 unspecified atom stereocenters. The van der Waals surface area contributed by atoms with Gasteiger partial charge < -0.3 is 11.1 Å². The largest absolute Gasteiger partial charge is 0.370 e. The van der Waals surface area contributed by atoms with E-state index in [4.69, 9.17) is 11.0 Å². The molecule has 1 aromatic carbocycles. The van der Waals surface area contributed by atoms with Crippen LogP contribution in [0, 0.1) is 11.3 Å². The van der Waals surface area contributed by atoms with E-state index in [1.165, 1.54) is 0 Å². The predicted octanol–water partition coefficient (Wildman–Crippen LogP) is 1.93. The number of benzene rings is 1. The van der Waals surface area contributed by atoms with E-state index < -0.39 is 0 Å². The molecule has 0 aliphatic rings. The molecule has 0 aliphatic carbocycles. The van der Waals surface area contributed by atoms with E-state index in [1.54, 1.807) is 12.1 Å². The van der Waals surface area contributed by atoms with Crippen molar-refractivity contribution in [1.82, 2.24) is 5.32 Å². The van der Waals surface area contributed by atoms with E-state index in [0.717, 1.165) is 5.56 Å². The van der Waals surface area contributed by atoms with Crippen molar-refractivity contribution in [2.45, 2.75) is 32.9 Å². The number of hydrogen-bond acceptors (Lipinski definition) is 2. The normalized spacial score (nSPS) is 13.2. The molecule has 0 fully saturated rings. The van der Waals surface area contributed by atoms with Crippen LogP contribution < -0.4 is 11.1 Å². The van der Waals surface area contributed by atoms with E-state index >= 15 is 0 Å². The van der Waals surface area contributed by atoms with Crippen LogP contribution in [0.1, 0.15) is 37.9 Å². The van der Waals surface area contributed by atoms with Gasteiger partial charge in [-0.25, -0.2) is 4.99 Å². The van der Waals surface area contributed by atoms with Gasteiger partial charge in [-0.1, -0.05) is 12.1 Å². The van der Waals surface area contributed by atoms with Crippen LogP contribution in [0.15, 0.2) is 29.3 Å². The lowest BCUT2D eigenvalue weighted by molar-refractivity contribution is 0.711. The second kappa shape index (κ2) is 5.90. The minimum Gasteiger partial charge on any atom is -0.370 e. The Morgan fingerprint density at radius 1 is 1.29 bits per heavy atom. The first-order chi connectivity index (χ1) is 8.02. The molecule has 0 spiro atoms. The number of hydrogen-bond donors (Lipinski definition) is 2. The second-order valence-corrected chi connectivity index (χ2v) is 4.22. The molecular formula is C13H18N4. The number of aliphatic imine (C=N–C) groups is 1. The molecule has 1 rings (SSSR count). The van der Waals surface area contributed by atoms with Gasteiger partial charge in [0, 0.05) is 6.04 Å². The van der Waals surface area contributed by atoms with Crippen LogP contribution in [-0.2, 0) is 0 Å². The Morgan fingerprint density at radius 3 is 2.35 bits per heavy atom. The summed E-state index contributed by atoms with van der Waals surface area (Å²) < 4.78 is 0. The van der Waals surface area contributed by atoms with Crippen molar-refractivity contribution >= 4 is 5.96 Å². The smallest absolute Gasteiger partial charge is 0.189 e. The molecule has 0 heterocycles. The molecule has 0 saturated heterocycles. The van der Waals surface area contributed by atoms with Crippen molar-refractivity contribution in [2.75, 3.05) is 0 Å². The second-order valence-electron chi connectivity index (χ2n) is 4.22. The van der Waals surface area contributed by atoms with Crippen LogP contribution in [-0.4, -0.2) is 12.0 Å². The van der Waals surface area contributed by atoms with Crippen molar-refractivity contribution in [1.29, 1.82) is 5.26 Å². The maximum atomic E-state index is 8.70. The monoisotopic (exact) mass is 230 g/mol. The highest BCUT2D eigenvalue weighted by molar-refractivity contribution is 5.78. The highest BCUT2D eigenvalue weighted by Gasteiger charge is 2.04. The Kier molecular flexibility index (Phi) is 4.53. The first-order valence-electron chi connectivity index (χ1n) is 5.62. The quantitative estimate of drug-likeness (QED) is 0.615. The average molecular weight is 230 g/mol. The van der Waals surface area contributed by atoms with E-state index in [2.05, 4.69) is 16.4 Å². The summed E-state index contributed by atoms with van der Waals surface area (Å²) in [5, 5.41) is 11.7. The summed E-state index contributed by atoms with van der Waals surface area (Å²) in [6, 6.07) is 9.70. The topological polar surface area (TPSA) is 74.2 Å². The third-order valence-electron chi connectivity index (χ3n) is 2.29. The summed E-state index contributed by atoms with van der Waals surface area (Å²) in [6.07, 6.45) is 0. The van der Waals surface area contributed by atoms with E-state index in [1.807, 2.05) is 32.9 Å². The summed E-state index contributed by atoms with van der Waals surface area (Å²) in [5.74, 6) is 0.442. The molecule has 0 aliphatic heterocycles. The van der Waals surface area contributed by atoms with Crippen molar-refractivity contribution < 1.29 is 0 Å². The zero-order valence-electron chi connectivity index (χ0n) is 10.4. The fourth-order valence-electron chi connectivity index (χ4n) is 1.45. The molecule has 0 radical (unpaired) electrons. The molecule has 1 atom stereocenters. The predicted molar refractivity (Wildman–Crippen MR) is 69.5 cm³/mol. The van der Waals surface area contributed by atoms with Gasteiger partial charge in [0.1, 0.15) is 0 Å². The lowest BCUT2D eigenvalue weighted by Crippen LogP contribution is -2.36. The fraction of sp³-hybridized carbons (Fsp3) is 0.385. The standard InChI is InChI=1S/C13H18N4/c1-9(2)16-13(15)17-10(3)12-6-4-11(8-14)5-7-12/h4-7,9-10H,1-3H3,(H3,15,16,17). The maximum Gasteiger partial charge on any atom is 0.189 e. The van der Waals surface area contributed by atoms with Gasteiger partial charge in [-0.05, 0) is 38.5 Å². The zero-order chi connectivity index (χ0) is 12.8. The van der Waals surface area contributed by atoms with Crippen molar-refractivity contribution in [2.24, 2.45) is 10.7 Å². The summed E-state index contributed by atoms with van der Waals surface area (Å²) in [5.41, 5.74) is 7.45. The number of guanidine groups is 1. The maximum absolute atomic E-state index is 8.70. The van der Waals surface area contributed by atoms with Crippen molar-refractivity contribution in [3.8, 4) is 6.07 Å². The van der Waals surface area contributed by atoms with Crippen LogP contribution >= 0.6 is 0 Å². The molecule has 90 valence electrons. The van der Waals surface area contributed by atoms with Crippen molar-refractivity contribution in [3.05, 3.63) is 35.4 Å². The first-order valence-corrected chi connectivity index (χ1v) is 5.62. The van der Waals surface area contributed by atoms with E-state index in [9.17, 15) is 0 Å². The van der Waals surface area contributed by atoms with Crippen LogP contribution in [0.5, 0.6) is 0 Å². The van der Waals surface area contributed by atoms with Gasteiger partial charge >= 0.3 is 0 Å². The van der Waals surface area contributed by atoms with Gasteiger partial charge in [0.15, 0.2) is 5.96 Å². The lowest BCUT2D eigenvalue weighted by atomic mass is 10.1. The Bertz CT molecular complexity index is 426. The van der Waals surface area contributed by atoms with Crippen LogP contribution in [0.2, 0.25) is 0 Å². The van der Waals surface area contributed by atoms with Gasteiger partial charge in [-0.2, -0.15) is 5.26 Å². The molecule has 17 heavy (non-hydrogen) atoms. The summed E-state index contributed by atoms with van der Waals surface area (Å²) in [4.78, 5) is 4.34. The van der Waals surface area contributed by atoms with Gasteiger partial charge in [0.05, 0.1) is 17.7 Å². The Hall–Kier alpha value is -2.02. The third-order valence-corrected chi connectivity index (χ3v) is 2.29. The lowest BCUT2D eigenvalue weighted by Gasteiger charge is -2.12. The number of nitriles is 1. The zero-order valence-corrected chi connectivity index (χ0v) is 10.4. The number of nitrogens with one attached hydrogen (secondary N) is 1. The minimum atomic E-state index is -0.0195. The van der Waals surface area contributed by atoms with E-state index in [-0.39, 0.29) is 12.1 Å². The number of nitrogens with two attached hydrogens (primary N) is 1. The fourth-order valence-corrected chi connectivity index (χ4v) is 1.45. The van der Waals surface area contributed by atoms with Crippen LogP contribution in [0.25, 0.3) is 0 Å².